The molecule has 1 aromatic heterocycles. The molecular weight excluding hydrogens is 535 g/mol. The van der Waals surface area contributed by atoms with Gasteiger partial charge >= 0.3 is 17.9 Å². The number of halogens is 2. The van der Waals surface area contributed by atoms with Crippen LogP contribution in [-0.2, 0) is 19.1 Å². The summed E-state index contributed by atoms with van der Waals surface area (Å²) in [5, 5.41) is 26.3. The molecule has 3 rings (SSSR count). The minimum atomic E-state index is -1.41. The molecule has 2 heterocycles. The first-order valence-corrected chi connectivity index (χ1v) is 11.7. The molecule has 34 heavy (non-hydrogen) atoms. The molecule has 2 atom stereocenters. The van der Waals surface area contributed by atoms with Crippen LogP contribution in [-0.4, -0.2) is 58.1 Å². The van der Waals surface area contributed by atoms with Crippen molar-refractivity contribution in [3.8, 4) is 0 Å². The number of rotatable bonds is 10. The van der Waals surface area contributed by atoms with Crippen molar-refractivity contribution in [2.24, 2.45) is 4.99 Å². The zero-order chi connectivity index (χ0) is 24.8. The van der Waals surface area contributed by atoms with Crippen molar-refractivity contribution in [1.29, 1.82) is 0 Å². The number of thiazole rings is 1. The Morgan fingerprint density at radius 3 is 2.71 bits per heavy atom. The van der Waals surface area contributed by atoms with Gasteiger partial charge in [-0.3, -0.25) is 19.9 Å². The second-order valence-corrected chi connectivity index (χ2v) is 8.74. The van der Waals surface area contributed by atoms with Crippen LogP contribution in [0.5, 0.6) is 0 Å². The maximum atomic E-state index is 13.8. The second kappa shape index (κ2) is 11.3. The Labute approximate surface area is 205 Å². The summed E-state index contributed by atoms with van der Waals surface area (Å²) in [6.07, 6.45) is 0.903. The van der Waals surface area contributed by atoms with E-state index >= 15 is 0 Å². The van der Waals surface area contributed by atoms with Crippen molar-refractivity contribution in [3.63, 3.8) is 0 Å². The highest BCUT2D eigenvalue weighted by atomic mass is 79.9. The lowest BCUT2D eigenvalue weighted by molar-refractivity contribution is -0.145. The Morgan fingerprint density at radius 2 is 2.12 bits per heavy atom. The van der Waals surface area contributed by atoms with Gasteiger partial charge in [0, 0.05) is 28.3 Å². The van der Waals surface area contributed by atoms with Gasteiger partial charge in [-0.05, 0) is 24.6 Å². The Morgan fingerprint density at radius 1 is 1.35 bits per heavy atom. The highest BCUT2D eigenvalue weighted by molar-refractivity contribution is 9.10. The largest absolute Gasteiger partial charge is 0.481 e. The number of nitrogens with one attached hydrogen (secondary N) is 2. The quantitative estimate of drug-likeness (QED) is 0.324. The molecule has 0 bridgehead atoms. The number of carboxylic acids is 2. The van der Waals surface area contributed by atoms with E-state index in [0.717, 1.165) is 0 Å². The highest BCUT2D eigenvalue weighted by Crippen LogP contribution is 2.36. The number of carbonyl (C=O) groups excluding carboxylic acids is 1. The van der Waals surface area contributed by atoms with E-state index in [9.17, 15) is 23.9 Å². The number of nitrogens with zero attached hydrogens (tertiary/aromatic N) is 2. The standard InChI is InChI=1S/C21H20BrFN4O6S/c1-2-33-21(32)16-14(9-25-13(20(30)31)8-15(28)29)26-18(19-24-5-6-34-19)27-17(16)11-4-3-10(23)7-12(11)22/h3-7,13,17,25H,2,8-9H2,1H3,(H,26,27)(H,28,29)(H,30,31)/t13-,17?/m0/s1. The predicted octanol–water partition coefficient (Wildman–Crippen LogP) is 2.47. The van der Waals surface area contributed by atoms with E-state index in [0.29, 0.717) is 20.9 Å². The van der Waals surface area contributed by atoms with Gasteiger partial charge in [-0.25, -0.2) is 14.2 Å². The lowest BCUT2D eigenvalue weighted by Crippen LogP contribution is -2.44. The van der Waals surface area contributed by atoms with Crippen molar-refractivity contribution in [2.75, 3.05) is 13.2 Å². The van der Waals surface area contributed by atoms with E-state index in [2.05, 4.69) is 36.5 Å². The van der Waals surface area contributed by atoms with E-state index in [1.165, 1.54) is 29.5 Å². The number of aliphatic imine (C=N–C) groups is 1. The maximum absolute atomic E-state index is 13.8. The fourth-order valence-corrected chi connectivity index (χ4v) is 4.38. The fourth-order valence-electron chi connectivity index (χ4n) is 3.23. The molecule has 1 aliphatic rings. The van der Waals surface area contributed by atoms with Gasteiger partial charge in [0.05, 0.1) is 18.6 Å². The number of carboxylic acid groups (broad SMARTS) is 2. The van der Waals surface area contributed by atoms with Gasteiger partial charge in [-0.2, -0.15) is 0 Å². The topological polar surface area (TPSA) is 150 Å². The van der Waals surface area contributed by atoms with Crippen LogP contribution in [0.2, 0.25) is 0 Å². The minimum Gasteiger partial charge on any atom is -0.481 e. The Kier molecular flexibility index (Phi) is 8.47. The summed E-state index contributed by atoms with van der Waals surface area (Å²) in [5.74, 6) is -3.54. The molecule has 10 nitrogen and oxygen atoms in total. The summed E-state index contributed by atoms with van der Waals surface area (Å²) in [6.45, 7) is 1.49. The summed E-state index contributed by atoms with van der Waals surface area (Å²) >= 11 is 4.61. The number of hydrogen-bond acceptors (Lipinski definition) is 9. The van der Waals surface area contributed by atoms with Gasteiger partial charge < -0.3 is 20.3 Å². The third-order valence-electron chi connectivity index (χ3n) is 4.72. The molecule has 13 heteroatoms. The lowest BCUT2D eigenvalue weighted by atomic mass is 9.95. The molecular formula is C21H20BrFN4O6S. The fraction of sp³-hybridized carbons (Fsp3) is 0.286. The average molecular weight is 555 g/mol. The Bertz CT molecular complexity index is 1150. The first-order chi connectivity index (χ1) is 16.2. The van der Waals surface area contributed by atoms with Crippen molar-refractivity contribution >= 4 is 51.0 Å². The molecule has 1 aliphatic heterocycles. The number of amidine groups is 1. The smallest absolute Gasteiger partial charge is 0.338 e. The SMILES string of the molecule is CCOC(=O)C1=C(CN[C@@H](CC(=O)O)C(=O)O)NC(c2nccs2)=NC1c1ccc(F)cc1Br. The van der Waals surface area contributed by atoms with Crippen molar-refractivity contribution in [3.05, 3.63) is 61.9 Å². The van der Waals surface area contributed by atoms with Crippen LogP contribution in [0, 0.1) is 5.82 Å². The van der Waals surface area contributed by atoms with E-state index in [1.807, 2.05) is 0 Å². The Balaban J connectivity index is 2.10. The molecule has 0 fully saturated rings. The molecule has 0 amide bonds. The zero-order valence-corrected chi connectivity index (χ0v) is 20.2. The van der Waals surface area contributed by atoms with Crippen molar-refractivity contribution < 1.29 is 33.7 Å². The first-order valence-electron chi connectivity index (χ1n) is 9.99. The molecule has 1 unspecified atom stereocenters. The first kappa shape index (κ1) is 25.5. The van der Waals surface area contributed by atoms with Crippen LogP contribution < -0.4 is 10.6 Å². The number of aromatic nitrogens is 1. The molecule has 2 aromatic rings. The van der Waals surface area contributed by atoms with Gasteiger partial charge in [-0.1, -0.05) is 22.0 Å². The summed E-state index contributed by atoms with van der Waals surface area (Å²) < 4.78 is 19.3. The molecule has 0 saturated heterocycles. The van der Waals surface area contributed by atoms with Gasteiger partial charge in [0.15, 0.2) is 10.8 Å². The highest BCUT2D eigenvalue weighted by Gasteiger charge is 2.34. The van der Waals surface area contributed by atoms with E-state index in [4.69, 9.17) is 9.84 Å². The van der Waals surface area contributed by atoms with E-state index in [1.54, 1.807) is 18.5 Å². The maximum Gasteiger partial charge on any atom is 0.338 e. The minimum absolute atomic E-state index is 0.0696. The van der Waals surface area contributed by atoms with Crippen molar-refractivity contribution in [1.82, 2.24) is 15.6 Å². The monoisotopic (exact) mass is 554 g/mol. The van der Waals surface area contributed by atoms with Crippen LogP contribution in [0.15, 0.2) is 50.5 Å². The number of hydrogen-bond donors (Lipinski definition) is 4. The number of carbonyl (C=O) groups is 3. The lowest BCUT2D eigenvalue weighted by Gasteiger charge is -2.28. The van der Waals surface area contributed by atoms with Crippen LogP contribution in [0.1, 0.15) is 30.0 Å². The summed E-state index contributed by atoms with van der Waals surface area (Å²) in [5.41, 5.74) is 0.774. The molecule has 0 spiro atoms. The molecule has 0 radical (unpaired) electrons. The molecule has 4 N–H and O–H groups in total. The normalized spacial score (nSPS) is 16.4. The van der Waals surface area contributed by atoms with Crippen molar-refractivity contribution in [2.45, 2.75) is 25.4 Å². The van der Waals surface area contributed by atoms with Crippen LogP contribution in [0.25, 0.3) is 0 Å². The summed E-state index contributed by atoms with van der Waals surface area (Å²) in [4.78, 5) is 44.4. The third kappa shape index (κ3) is 6.04. The molecule has 180 valence electrons. The van der Waals surface area contributed by atoms with Gasteiger partial charge in [0.25, 0.3) is 0 Å². The summed E-state index contributed by atoms with van der Waals surface area (Å²) in [7, 11) is 0. The molecule has 0 saturated carbocycles. The van der Waals surface area contributed by atoms with Gasteiger partial charge in [-0.15, -0.1) is 11.3 Å². The van der Waals surface area contributed by atoms with Crippen LogP contribution in [0.4, 0.5) is 4.39 Å². The van der Waals surface area contributed by atoms with Gasteiger partial charge in [0.2, 0.25) is 0 Å². The van der Waals surface area contributed by atoms with Gasteiger partial charge in [0.1, 0.15) is 17.9 Å². The van der Waals surface area contributed by atoms with Crippen LogP contribution >= 0.6 is 27.3 Å². The van der Waals surface area contributed by atoms with Crippen LogP contribution in [0.3, 0.4) is 0 Å². The number of aliphatic carboxylic acids is 2. The predicted molar refractivity (Wildman–Crippen MR) is 124 cm³/mol. The Hall–Kier alpha value is -3.16. The molecule has 1 aromatic carbocycles. The second-order valence-electron chi connectivity index (χ2n) is 6.99. The number of esters is 1. The average Bonchev–Trinajstić information content (AvgIpc) is 3.31. The molecule has 0 aliphatic carbocycles. The zero-order valence-electron chi connectivity index (χ0n) is 17.7. The number of benzene rings is 1. The number of ether oxygens (including phenoxy) is 1. The third-order valence-corrected chi connectivity index (χ3v) is 6.18. The summed E-state index contributed by atoms with van der Waals surface area (Å²) in [6, 6.07) is 1.61. The van der Waals surface area contributed by atoms with E-state index in [-0.39, 0.29) is 24.4 Å². The van der Waals surface area contributed by atoms with E-state index < -0.39 is 42.2 Å².